The first-order chi connectivity index (χ1) is 13.1. The summed E-state index contributed by atoms with van der Waals surface area (Å²) in [5, 5.41) is 0.751. The highest BCUT2D eigenvalue weighted by Gasteiger charge is 2.23. The Labute approximate surface area is 166 Å². The number of hydrogen-bond donors (Lipinski definition) is 0. The Balaban J connectivity index is 1.68. The molecule has 0 atom stereocenters. The number of carbonyl (C=O) groups excluding carboxylic acids is 1. The van der Waals surface area contributed by atoms with E-state index in [4.69, 9.17) is 0 Å². The number of carbonyl (C=O) groups is 1. The lowest BCUT2D eigenvalue weighted by molar-refractivity contribution is 0.102. The van der Waals surface area contributed by atoms with Crippen molar-refractivity contribution in [3.05, 3.63) is 56.6 Å². The Hall–Kier alpha value is -1.96. The minimum Gasteiger partial charge on any atom is -0.311 e. The highest BCUT2D eigenvalue weighted by atomic mass is 32.2. The number of aryl methyl sites for hydroxylation is 1. The minimum atomic E-state index is 0.0651. The van der Waals surface area contributed by atoms with Crippen LogP contribution in [0.4, 0.5) is 0 Å². The molecule has 140 valence electrons. The van der Waals surface area contributed by atoms with Gasteiger partial charge in [-0.25, -0.2) is 4.98 Å². The molecule has 0 radical (unpaired) electrons. The van der Waals surface area contributed by atoms with E-state index in [1.165, 1.54) is 11.8 Å². The predicted molar refractivity (Wildman–Crippen MR) is 111 cm³/mol. The zero-order valence-electron chi connectivity index (χ0n) is 15.4. The lowest BCUT2D eigenvalue weighted by Gasteiger charge is -2.23. The van der Waals surface area contributed by atoms with Gasteiger partial charge in [-0.15, -0.1) is 11.3 Å². The summed E-state index contributed by atoms with van der Waals surface area (Å²) in [7, 11) is 2.08. The molecule has 0 saturated heterocycles. The van der Waals surface area contributed by atoms with Gasteiger partial charge in [0.05, 0.1) is 5.75 Å². The topological polar surface area (TPSA) is 55.2 Å². The molecule has 5 nitrogen and oxygen atoms in total. The van der Waals surface area contributed by atoms with E-state index < -0.39 is 0 Å². The van der Waals surface area contributed by atoms with Crippen molar-refractivity contribution in [1.29, 1.82) is 0 Å². The molecule has 1 aromatic carbocycles. The molecule has 0 amide bonds. The van der Waals surface area contributed by atoms with E-state index >= 15 is 0 Å². The maximum atomic E-state index is 13.0. The van der Waals surface area contributed by atoms with Crippen LogP contribution in [-0.2, 0) is 19.5 Å². The molecule has 1 aliphatic heterocycles. The molecule has 27 heavy (non-hydrogen) atoms. The monoisotopic (exact) mass is 399 g/mol. The number of ketones is 1. The van der Waals surface area contributed by atoms with E-state index in [-0.39, 0.29) is 11.2 Å². The molecular formula is C20H21N3O2S2. The summed E-state index contributed by atoms with van der Waals surface area (Å²) < 4.78 is 2.07. The van der Waals surface area contributed by atoms with Crippen LogP contribution in [-0.4, -0.2) is 39.6 Å². The van der Waals surface area contributed by atoms with Crippen LogP contribution in [0.5, 0.6) is 0 Å². The summed E-state index contributed by atoms with van der Waals surface area (Å²) in [6.45, 7) is 4.49. The predicted octanol–water partition coefficient (Wildman–Crippen LogP) is 3.44. The van der Waals surface area contributed by atoms with Gasteiger partial charge in [-0.05, 0) is 20.4 Å². The molecule has 4 rings (SSSR count). The Morgan fingerprint density at radius 1 is 1.30 bits per heavy atom. The SMILES string of the molecule is CCn1c(SCC(=O)c2ccccc2)nc2c(=O)c3c(sc21)CN(C)CC3. The number of rotatable bonds is 5. The first kappa shape index (κ1) is 18.4. The number of aromatic nitrogens is 2. The average molecular weight is 400 g/mol. The first-order valence-corrected chi connectivity index (χ1v) is 10.8. The fourth-order valence-electron chi connectivity index (χ4n) is 3.35. The Kier molecular flexibility index (Phi) is 5.16. The van der Waals surface area contributed by atoms with Gasteiger partial charge in [0.1, 0.15) is 10.3 Å². The number of Topliss-reactive ketones (excluding diaryl/α,β-unsaturated/α-hetero) is 1. The number of benzene rings is 1. The van der Waals surface area contributed by atoms with Gasteiger partial charge < -0.3 is 9.47 Å². The van der Waals surface area contributed by atoms with Crippen LogP contribution in [0.25, 0.3) is 10.3 Å². The Morgan fingerprint density at radius 3 is 2.81 bits per heavy atom. The van der Waals surface area contributed by atoms with Gasteiger partial charge >= 0.3 is 0 Å². The number of likely N-dealkylation sites (N-methyl/N-ethyl adjacent to an activating group) is 1. The maximum Gasteiger partial charge on any atom is 0.211 e. The van der Waals surface area contributed by atoms with Crippen molar-refractivity contribution in [3.63, 3.8) is 0 Å². The molecule has 0 spiro atoms. The lowest BCUT2D eigenvalue weighted by Crippen LogP contribution is -2.30. The molecule has 3 heterocycles. The third-order valence-corrected chi connectivity index (χ3v) is 7.04. The van der Waals surface area contributed by atoms with Crippen LogP contribution in [0.1, 0.15) is 27.7 Å². The van der Waals surface area contributed by atoms with Crippen LogP contribution in [0.15, 0.2) is 40.3 Å². The van der Waals surface area contributed by atoms with Crippen LogP contribution in [0.2, 0.25) is 0 Å². The van der Waals surface area contributed by atoms with Gasteiger partial charge in [0.25, 0.3) is 0 Å². The average Bonchev–Trinajstić information content (AvgIpc) is 3.04. The van der Waals surface area contributed by atoms with Crippen molar-refractivity contribution in [3.8, 4) is 0 Å². The third-order valence-electron chi connectivity index (χ3n) is 4.83. The second-order valence-electron chi connectivity index (χ2n) is 6.69. The van der Waals surface area contributed by atoms with Crippen LogP contribution in [0, 0.1) is 0 Å². The molecule has 0 aliphatic carbocycles. The van der Waals surface area contributed by atoms with E-state index in [0.717, 1.165) is 46.5 Å². The van der Waals surface area contributed by atoms with E-state index in [1.807, 2.05) is 37.3 Å². The quantitative estimate of drug-likeness (QED) is 0.486. The maximum absolute atomic E-state index is 13.0. The zero-order chi connectivity index (χ0) is 19.0. The van der Waals surface area contributed by atoms with Crippen LogP contribution < -0.4 is 5.43 Å². The van der Waals surface area contributed by atoms with Crippen molar-refractivity contribution in [2.75, 3.05) is 19.3 Å². The van der Waals surface area contributed by atoms with Crippen molar-refractivity contribution < 1.29 is 4.79 Å². The number of hydrogen-bond acceptors (Lipinski definition) is 6. The fraction of sp³-hybridized carbons (Fsp3) is 0.350. The van der Waals surface area contributed by atoms with Crippen LogP contribution >= 0.6 is 23.1 Å². The number of fused-ring (bicyclic) bond motifs is 2. The lowest BCUT2D eigenvalue weighted by atomic mass is 10.1. The Bertz CT molecular complexity index is 1060. The molecular weight excluding hydrogens is 378 g/mol. The van der Waals surface area contributed by atoms with Gasteiger partial charge in [-0.2, -0.15) is 0 Å². The van der Waals surface area contributed by atoms with Crippen molar-refractivity contribution in [2.45, 2.75) is 31.6 Å². The summed E-state index contributed by atoms with van der Waals surface area (Å²) in [5.74, 6) is 0.386. The summed E-state index contributed by atoms with van der Waals surface area (Å²) >= 11 is 3.08. The summed E-state index contributed by atoms with van der Waals surface area (Å²) in [6, 6.07) is 9.29. The second-order valence-corrected chi connectivity index (χ2v) is 8.72. The van der Waals surface area contributed by atoms with Crippen molar-refractivity contribution >= 4 is 39.2 Å². The van der Waals surface area contributed by atoms with Gasteiger partial charge in [-0.1, -0.05) is 42.1 Å². The van der Waals surface area contributed by atoms with Gasteiger partial charge in [0, 0.05) is 35.6 Å². The highest BCUT2D eigenvalue weighted by Crippen LogP contribution is 2.30. The smallest absolute Gasteiger partial charge is 0.211 e. The zero-order valence-corrected chi connectivity index (χ0v) is 17.0. The normalized spacial score (nSPS) is 14.4. The molecule has 0 unspecified atom stereocenters. The number of nitrogens with zero attached hydrogens (tertiary/aromatic N) is 3. The van der Waals surface area contributed by atoms with Crippen LogP contribution in [0.3, 0.4) is 0 Å². The van der Waals surface area contributed by atoms with Crippen molar-refractivity contribution in [2.24, 2.45) is 0 Å². The molecule has 0 N–H and O–H groups in total. The van der Waals surface area contributed by atoms with Gasteiger partial charge in [0.15, 0.2) is 10.9 Å². The van der Waals surface area contributed by atoms with E-state index in [9.17, 15) is 9.59 Å². The fourth-order valence-corrected chi connectivity index (χ4v) is 5.77. The van der Waals surface area contributed by atoms with Crippen molar-refractivity contribution in [1.82, 2.24) is 14.5 Å². The first-order valence-electron chi connectivity index (χ1n) is 9.03. The van der Waals surface area contributed by atoms with E-state index in [0.29, 0.717) is 16.8 Å². The summed E-state index contributed by atoms with van der Waals surface area (Å²) in [5.41, 5.74) is 2.24. The molecule has 3 aromatic rings. The second kappa shape index (κ2) is 7.58. The summed E-state index contributed by atoms with van der Waals surface area (Å²) in [4.78, 5) is 34.3. The molecule has 0 saturated carbocycles. The Morgan fingerprint density at radius 2 is 2.07 bits per heavy atom. The van der Waals surface area contributed by atoms with Gasteiger partial charge in [0.2, 0.25) is 5.43 Å². The molecule has 7 heteroatoms. The molecule has 0 fully saturated rings. The number of thioether (sulfide) groups is 1. The van der Waals surface area contributed by atoms with Gasteiger partial charge in [-0.3, -0.25) is 9.59 Å². The highest BCUT2D eigenvalue weighted by molar-refractivity contribution is 7.99. The van der Waals surface area contributed by atoms with E-state index in [2.05, 4.69) is 21.5 Å². The summed E-state index contributed by atoms with van der Waals surface area (Å²) in [6.07, 6.45) is 0.783. The minimum absolute atomic E-state index is 0.0651. The third kappa shape index (κ3) is 3.47. The number of imidazole rings is 1. The van der Waals surface area contributed by atoms with E-state index in [1.54, 1.807) is 11.3 Å². The molecule has 0 bridgehead atoms. The standard InChI is InChI=1S/C20H21N3O2S2/c1-3-23-19-17(18(25)14-9-10-22(2)11-16(14)27-19)21-20(23)26-12-15(24)13-7-5-4-6-8-13/h4-8H,3,9-12H2,1-2H3. The molecule has 1 aliphatic rings. The molecule has 2 aromatic heterocycles. The largest absolute Gasteiger partial charge is 0.311 e.